The van der Waals surface area contributed by atoms with Gasteiger partial charge in [-0.25, -0.2) is 9.07 Å². The van der Waals surface area contributed by atoms with Crippen LogP contribution in [0.4, 0.5) is 4.39 Å². The van der Waals surface area contributed by atoms with Gasteiger partial charge in [-0.15, -0.1) is 0 Å². The van der Waals surface area contributed by atoms with E-state index in [4.69, 9.17) is 0 Å². The summed E-state index contributed by atoms with van der Waals surface area (Å²) >= 11 is 0. The molecule has 3 aromatic rings. The number of nitrogens with zero attached hydrogens (tertiary/aromatic N) is 2. The lowest BCUT2D eigenvalue weighted by molar-refractivity contribution is 0.0944. The molecule has 6 heteroatoms. The molecular weight excluding hydrogens is 367 g/mol. The van der Waals surface area contributed by atoms with Gasteiger partial charge in [-0.2, -0.15) is 5.10 Å². The van der Waals surface area contributed by atoms with Gasteiger partial charge in [0.25, 0.3) is 5.91 Å². The number of fused-ring (bicyclic) bond motifs is 2. The van der Waals surface area contributed by atoms with Gasteiger partial charge in [-0.3, -0.25) is 4.79 Å². The third-order valence-electron chi connectivity index (χ3n) is 5.83. The number of rotatable bonds is 4. The van der Waals surface area contributed by atoms with Crippen molar-refractivity contribution in [3.8, 4) is 5.69 Å². The van der Waals surface area contributed by atoms with Crippen molar-refractivity contribution in [3.63, 3.8) is 0 Å². The van der Waals surface area contributed by atoms with Crippen LogP contribution in [0.25, 0.3) is 5.69 Å². The first-order valence-electron chi connectivity index (χ1n) is 10.1. The second-order valence-electron chi connectivity index (χ2n) is 7.88. The highest BCUT2D eigenvalue weighted by Crippen LogP contribution is 2.29. The standard InChI is InChI=1S/C23H23FN4O/c1-14-5-8-21(19(24)9-14)28-20-4-2-3-18(20)22(27-28)23(29)26-11-15-6-7-16-12-25-13-17(16)10-15/h5-10,25H,2-4,11-13H2,1H3,(H,26,29). The Hall–Kier alpha value is -2.99. The number of benzene rings is 2. The summed E-state index contributed by atoms with van der Waals surface area (Å²) in [4.78, 5) is 12.9. The minimum absolute atomic E-state index is 0.201. The predicted molar refractivity (Wildman–Crippen MR) is 108 cm³/mol. The summed E-state index contributed by atoms with van der Waals surface area (Å²) in [6.07, 6.45) is 2.57. The van der Waals surface area contributed by atoms with Gasteiger partial charge in [0.15, 0.2) is 5.69 Å². The van der Waals surface area contributed by atoms with Crippen LogP contribution < -0.4 is 10.6 Å². The van der Waals surface area contributed by atoms with Gasteiger partial charge in [0.1, 0.15) is 11.5 Å². The molecule has 29 heavy (non-hydrogen) atoms. The average Bonchev–Trinajstić information content (AvgIpc) is 3.42. The zero-order chi connectivity index (χ0) is 20.0. The second-order valence-corrected chi connectivity index (χ2v) is 7.88. The molecule has 148 valence electrons. The van der Waals surface area contributed by atoms with Crippen molar-refractivity contribution in [2.45, 2.75) is 45.8 Å². The molecule has 2 aliphatic rings. The van der Waals surface area contributed by atoms with Gasteiger partial charge in [0.05, 0.1) is 0 Å². The fourth-order valence-electron chi connectivity index (χ4n) is 4.33. The van der Waals surface area contributed by atoms with E-state index in [9.17, 15) is 9.18 Å². The molecule has 5 rings (SSSR count). The number of hydrogen-bond acceptors (Lipinski definition) is 3. The third kappa shape index (κ3) is 3.23. The Bertz CT molecular complexity index is 1120. The van der Waals surface area contributed by atoms with Crippen molar-refractivity contribution in [2.75, 3.05) is 0 Å². The van der Waals surface area contributed by atoms with Crippen molar-refractivity contribution in [3.05, 3.63) is 81.4 Å². The lowest BCUT2D eigenvalue weighted by atomic mass is 10.1. The lowest BCUT2D eigenvalue weighted by Gasteiger charge is -2.08. The Morgan fingerprint density at radius 2 is 2.03 bits per heavy atom. The maximum Gasteiger partial charge on any atom is 0.272 e. The van der Waals surface area contributed by atoms with E-state index >= 15 is 0 Å². The van der Waals surface area contributed by atoms with Crippen LogP contribution in [-0.4, -0.2) is 15.7 Å². The molecule has 1 aliphatic heterocycles. The number of hydrogen-bond donors (Lipinski definition) is 2. The number of halogens is 1. The predicted octanol–water partition coefficient (Wildman–Crippen LogP) is 3.34. The molecule has 0 unspecified atom stereocenters. The second kappa shape index (κ2) is 7.12. The fraction of sp³-hybridized carbons (Fsp3) is 0.304. The SMILES string of the molecule is Cc1ccc(-n2nc(C(=O)NCc3ccc4c(c3)CNC4)c3c2CCC3)c(F)c1. The molecule has 1 amide bonds. The van der Waals surface area contributed by atoms with E-state index < -0.39 is 0 Å². The van der Waals surface area contributed by atoms with Crippen LogP contribution in [0.5, 0.6) is 0 Å². The molecule has 2 N–H and O–H groups in total. The van der Waals surface area contributed by atoms with Crippen LogP contribution in [0.3, 0.4) is 0 Å². The summed E-state index contributed by atoms with van der Waals surface area (Å²) in [5.41, 5.74) is 7.24. The molecule has 1 aromatic heterocycles. The summed E-state index contributed by atoms with van der Waals surface area (Å²) in [7, 11) is 0. The number of nitrogens with one attached hydrogen (secondary N) is 2. The number of carbonyl (C=O) groups excluding carboxylic acids is 1. The van der Waals surface area contributed by atoms with Gasteiger partial charge >= 0.3 is 0 Å². The van der Waals surface area contributed by atoms with Crippen LogP contribution >= 0.6 is 0 Å². The van der Waals surface area contributed by atoms with Crippen molar-refractivity contribution in [1.29, 1.82) is 0 Å². The van der Waals surface area contributed by atoms with E-state index in [1.807, 2.05) is 13.0 Å². The van der Waals surface area contributed by atoms with Crippen LogP contribution in [0.15, 0.2) is 36.4 Å². The summed E-state index contributed by atoms with van der Waals surface area (Å²) in [6, 6.07) is 11.4. The first-order valence-corrected chi connectivity index (χ1v) is 10.1. The number of amides is 1. The van der Waals surface area contributed by atoms with Crippen LogP contribution in [0.2, 0.25) is 0 Å². The lowest BCUT2D eigenvalue weighted by Crippen LogP contribution is -2.24. The molecule has 0 fully saturated rings. The van der Waals surface area contributed by atoms with Gasteiger partial charge in [-0.05, 0) is 60.6 Å². The summed E-state index contributed by atoms with van der Waals surface area (Å²) in [5, 5.41) is 10.8. The third-order valence-corrected chi connectivity index (χ3v) is 5.83. The van der Waals surface area contributed by atoms with Gasteiger partial charge in [0.2, 0.25) is 0 Å². The van der Waals surface area contributed by atoms with E-state index in [1.54, 1.807) is 10.7 Å². The van der Waals surface area contributed by atoms with Crippen molar-refractivity contribution < 1.29 is 9.18 Å². The first-order chi connectivity index (χ1) is 14.1. The molecule has 0 atom stereocenters. The van der Waals surface area contributed by atoms with E-state index in [-0.39, 0.29) is 11.7 Å². The molecule has 0 spiro atoms. The van der Waals surface area contributed by atoms with Gasteiger partial charge < -0.3 is 10.6 Å². The maximum atomic E-state index is 14.5. The quantitative estimate of drug-likeness (QED) is 0.718. The van der Waals surface area contributed by atoms with Crippen molar-refractivity contribution >= 4 is 5.91 Å². The highest BCUT2D eigenvalue weighted by atomic mass is 19.1. The molecule has 5 nitrogen and oxygen atoms in total. The van der Waals surface area contributed by atoms with Crippen LogP contribution in [0, 0.1) is 12.7 Å². The average molecular weight is 390 g/mol. The van der Waals surface area contributed by atoms with Gasteiger partial charge in [0, 0.05) is 30.9 Å². The normalized spacial score (nSPS) is 14.7. The molecule has 2 aromatic carbocycles. The zero-order valence-electron chi connectivity index (χ0n) is 16.4. The Kier molecular flexibility index (Phi) is 4.43. The number of carbonyl (C=O) groups is 1. The van der Waals surface area contributed by atoms with Crippen molar-refractivity contribution in [1.82, 2.24) is 20.4 Å². The Morgan fingerprint density at radius 3 is 2.90 bits per heavy atom. The van der Waals surface area contributed by atoms with Crippen LogP contribution in [-0.2, 0) is 32.5 Å². The Labute approximate surface area is 168 Å². The molecule has 2 heterocycles. The monoisotopic (exact) mass is 390 g/mol. The Morgan fingerprint density at radius 1 is 1.17 bits per heavy atom. The highest BCUT2D eigenvalue weighted by Gasteiger charge is 2.27. The van der Waals surface area contributed by atoms with Gasteiger partial charge in [-0.1, -0.05) is 24.3 Å². The maximum absolute atomic E-state index is 14.5. The Balaban J connectivity index is 1.40. The molecule has 1 aliphatic carbocycles. The van der Waals surface area contributed by atoms with Crippen molar-refractivity contribution in [2.24, 2.45) is 0 Å². The summed E-state index contributed by atoms with van der Waals surface area (Å²) < 4.78 is 16.1. The number of aromatic nitrogens is 2. The van der Waals surface area contributed by atoms with E-state index in [0.29, 0.717) is 17.9 Å². The minimum atomic E-state index is -0.319. The summed E-state index contributed by atoms with van der Waals surface area (Å²) in [6.45, 7) is 4.08. The molecular formula is C23H23FN4O. The zero-order valence-corrected chi connectivity index (χ0v) is 16.4. The van der Waals surface area contributed by atoms with Crippen LogP contribution in [0.1, 0.15) is 50.4 Å². The highest BCUT2D eigenvalue weighted by molar-refractivity contribution is 5.94. The topological polar surface area (TPSA) is 59.0 Å². The molecule has 0 bridgehead atoms. The first kappa shape index (κ1) is 18.1. The molecule has 0 saturated heterocycles. The minimum Gasteiger partial charge on any atom is -0.347 e. The van der Waals surface area contributed by atoms with E-state index in [0.717, 1.165) is 54.7 Å². The van der Waals surface area contributed by atoms with E-state index in [1.165, 1.54) is 17.2 Å². The summed E-state index contributed by atoms with van der Waals surface area (Å²) in [5.74, 6) is -0.519. The fourth-order valence-corrected chi connectivity index (χ4v) is 4.33. The largest absolute Gasteiger partial charge is 0.347 e. The molecule has 0 saturated carbocycles. The molecule has 0 radical (unpaired) electrons. The number of aryl methyl sites for hydroxylation is 1. The smallest absolute Gasteiger partial charge is 0.272 e. The van der Waals surface area contributed by atoms with E-state index in [2.05, 4.69) is 33.9 Å².